The van der Waals surface area contributed by atoms with Crippen LogP contribution in [0.4, 0.5) is 17.1 Å². The first-order valence-corrected chi connectivity index (χ1v) is 21.7. The predicted octanol–water partition coefficient (Wildman–Crippen LogP) is 15.6. The van der Waals surface area contributed by atoms with E-state index >= 15 is 0 Å². The number of benzene rings is 8. The largest absolute Gasteiger partial charge is 0.309 e. The van der Waals surface area contributed by atoms with Crippen LogP contribution in [0.2, 0.25) is 0 Å². The number of rotatable bonds is 6. The lowest BCUT2D eigenvalue weighted by molar-refractivity contribution is -0.00518. The van der Waals surface area contributed by atoms with Gasteiger partial charge in [-0.3, -0.25) is 0 Å². The van der Waals surface area contributed by atoms with Gasteiger partial charge >= 0.3 is 0 Å². The van der Waals surface area contributed by atoms with E-state index < -0.39 is 0 Å². The van der Waals surface area contributed by atoms with Crippen molar-refractivity contribution < 1.29 is 0 Å². The first kappa shape index (κ1) is 34.1. The third kappa shape index (κ3) is 5.15. The maximum absolute atomic E-state index is 2.54. The summed E-state index contributed by atoms with van der Waals surface area (Å²) in [5, 5.41) is 5.05. The van der Waals surface area contributed by atoms with Crippen LogP contribution in [0.25, 0.3) is 54.9 Å². The molecule has 0 amide bonds. The molecule has 8 aromatic carbocycles. The molecule has 0 aliphatic heterocycles. The zero-order valence-corrected chi connectivity index (χ0v) is 33.6. The number of para-hydroxylation sites is 1. The molecule has 4 bridgehead atoms. The van der Waals surface area contributed by atoms with E-state index in [1.54, 1.807) is 5.56 Å². The van der Waals surface area contributed by atoms with E-state index in [0.29, 0.717) is 5.41 Å². The summed E-state index contributed by atoms with van der Waals surface area (Å²) >= 11 is 0. The van der Waals surface area contributed by atoms with Crippen molar-refractivity contribution in [3.63, 3.8) is 0 Å². The molecule has 1 nitrogen and oxygen atoms in total. The normalized spacial score (nSPS) is 22.3. The molecule has 0 spiro atoms. The highest BCUT2D eigenvalue weighted by Gasteiger charge is 2.51. The third-order valence-corrected chi connectivity index (χ3v) is 15.0. The van der Waals surface area contributed by atoms with Crippen LogP contribution in [0, 0.1) is 17.8 Å². The number of hydrogen-bond donors (Lipinski definition) is 0. The van der Waals surface area contributed by atoms with Gasteiger partial charge in [0.25, 0.3) is 0 Å². The van der Waals surface area contributed by atoms with Gasteiger partial charge in [-0.1, -0.05) is 159 Å². The van der Waals surface area contributed by atoms with Gasteiger partial charge in [0.15, 0.2) is 0 Å². The minimum Gasteiger partial charge on any atom is -0.309 e. The van der Waals surface area contributed by atoms with Crippen molar-refractivity contribution in [3.05, 3.63) is 187 Å². The van der Waals surface area contributed by atoms with Crippen LogP contribution in [0.1, 0.15) is 69.1 Å². The molecule has 0 N–H and O–H groups in total. The van der Waals surface area contributed by atoms with Crippen molar-refractivity contribution in [1.29, 1.82) is 0 Å². The summed E-state index contributed by atoms with van der Waals surface area (Å²) < 4.78 is 0. The summed E-state index contributed by atoms with van der Waals surface area (Å²) in [5.74, 6) is 2.84. The molecule has 0 radical (unpaired) electrons. The quantitative estimate of drug-likeness (QED) is 0.164. The minimum absolute atomic E-state index is 0.114. The minimum atomic E-state index is -0.114. The van der Waals surface area contributed by atoms with Gasteiger partial charge in [-0.05, 0) is 147 Å². The summed E-state index contributed by atoms with van der Waals surface area (Å²) in [6.45, 7) is 4.77. The van der Waals surface area contributed by atoms with Crippen molar-refractivity contribution in [2.75, 3.05) is 4.90 Å². The topological polar surface area (TPSA) is 3.24 Å². The summed E-state index contributed by atoms with van der Waals surface area (Å²) in [5.41, 5.74) is 15.9. The Kier molecular flexibility index (Phi) is 7.53. The Morgan fingerprint density at radius 2 is 1.02 bits per heavy atom. The number of nitrogens with zero attached hydrogens (tertiary/aromatic N) is 1. The van der Waals surface area contributed by atoms with Gasteiger partial charge in [0, 0.05) is 22.1 Å². The molecule has 4 fully saturated rings. The SMILES string of the molecule is CC1(C)c2ccccc2-c2ccc(N(c3ccccc3-c3cccc4ccccc34)c3ccc(-c4ccc(C56CC7CC(CC(C7)C5)C6)cc4)c4ccccc34)cc21. The van der Waals surface area contributed by atoms with Gasteiger partial charge in [0.1, 0.15) is 0 Å². The van der Waals surface area contributed by atoms with E-state index in [1.807, 2.05) is 0 Å². The second kappa shape index (κ2) is 12.8. The maximum atomic E-state index is 2.54. The van der Waals surface area contributed by atoms with Gasteiger partial charge in [0.05, 0.1) is 11.4 Å². The van der Waals surface area contributed by atoms with Crippen molar-refractivity contribution in [1.82, 2.24) is 0 Å². The van der Waals surface area contributed by atoms with Crippen LogP contribution in [0.15, 0.2) is 170 Å². The third-order valence-electron chi connectivity index (χ3n) is 15.0. The van der Waals surface area contributed by atoms with E-state index in [4.69, 9.17) is 0 Å². The fourth-order valence-corrected chi connectivity index (χ4v) is 12.8. The van der Waals surface area contributed by atoms with Crippen LogP contribution in [-0.2, 0) is 10.8 Å². The van der Waals surface area contributed by atoms with Gasteiger partial charge in [0.2, 0.25) is 0 Å². The summed E-state index contributed by atoms with van der Waals surface area (Å²) in [4.78, 5) is 2.54. The average molecular weight is 748 g/mol. The van der Waals surface area contributed by atoms with Crippen molar-refractivity contribution in [3.8, 4) is 33.4 Å². The number of hydrogen-bond acceptors (Lipinski definition) is 1. The van der Waals surface area contributed by atoms with Gasteiger partial charge in [-0.15, -0.1) is 0 Å². The number of anilines is 3. The Bertz CT molecular complexity index is 2870. The average Bonchev–Trinajstić information content (AvgIpc) is 3.48. The Hall–Kier alpha value is -5.92. The fraction of sp³-hybridized carbons (Fsp3) is 0.228. The van der Waals surface area contributed by atoms with Gasteiger partial charge in [-0.25, -0.2) is 0 Å². The van der Waals surface area contributed by atoms with Crippen LogP contribution in [0.5, 0.6) is 0 Å². The number of fused-ring (bicyclic) bond motifs is 5. The molecule has 0 aromatic heterocycles. The Labute approximate surface area is 343 Å². The lowest BCUT2D eigenvalue weighted by Crippen LogP contribution is -2.48. The van der Waals surface area contributed by atoms with Crippen molar-refractivity contribution in [2.24, 2.45) is 17.8 Å². The van der Waals surface area contributed by atoms with Gasteiger partial charge in [-0.2, -0.15) is 0 Å². The van der Waals surface area contributed by atoms with Crippen LogP contribution in [-0.4, -0.2) is 0 Å². The highest BCUT2D eigenvalue weighted by atomic mass is 15.1. The zero-order valence-electron chi connectivity index (χ0n) is 33.6. The van der Waals surface area contributed by atoms with E-state index in [2.05, 4.69) is 189 Å². The Morgan fingerprint density at radius 1 is 0.431 bits per heavy atom. The molecule has 5 aliphatic carbocycles. The predicted molar refractivity (Wildman–Crippen MR) is 244 cm³/mol. The highest BCUT2D eigenvalue weighted by Crippen LogP contribution is 2.61. The van der Waals surface area contributed by atoms with Crippen LogP contribution >= 0.6 is 0 Å². The van der Waals surface area contributed by atoms with E-state index in [9.17, 15) is 0 Å². The molecule has 5 aliphatic rings. The highest BCUT2D eigenvalue weighted by molar-refractivity contribution is 6.08. The molecule has 282 valence electrons. The van der Waals surface area contributed by atoms with Crippen LogP contribution < -0.4 is 4.90 Å². The van der Waals surface area contributed by atoms with Gasteiger partial charge < -0.3 is 4.90 Å². The van der Waals surface area contributed by atoms with E-state index in [-0.39, 0.29) is 5.41 Å². The smallest absolute Gasteiger partial charge is 0.0540 e. The molecular weight excluding hydrogens is 699 g/mol. The molecule has 58 heavy (non-hydrogen) atoms. The molecule has 4 saturated carbocycles. The molecule has 0 atom stereocenters. The molecule has 0 heterocycles. The molecular formula is C57H49N. The van der Waals surface area contributed by atoms with Crippen LogP contribution in [0.3, 0.4) is 0 Å². The Balaban J connectivity index is 1.03. The summed E-state index contributed by atoms with van der Waals surface area (Å²) in [7, 11) is 0. The fourth-order valence-electron chi connectivity index (χ4n) is 12.8. The Morgan fingerprint density at radius 3 is 1.79 bits per heavy atom. The summed E-state index contributed by atoms with van der Waals surface area (Å²) in [6, 6.07) is 64.4. The maximum Gasteiger partial charge on any atom is 0.0540 e. The standard InChI is InChI=1S/C57H49N/c1-56(2)52-20-9-7-16-48(52)49-27-26-43(33-53(49)56)58(54-21-10-8-18-50(54)47-19-11-13-40-12-3-4-14-44(40)47)55-29-28-45(46-15-5-6-17-51(46)55)41-22-24-42(25-23-41)57-34-37-30-38(35-57)32-39(31-37)36-57/h3-29,33,37-39H,30-32,34-36H2,1-2H3. The van der Waals surface area contributed by atoms with E-state index in [0.717, 1.165) is 17.8 Å². The zero-order chi connectivity index (χ0) is 38.6. The molecule has 8 aromatic rings. The first-order chi connectivity index (χ1) is 28.4. The lowest BCUT2D eigenvalue weighted by Gasteiger charge is -2.57. The lowest BCUT2D eigenvalue weighted by atomic mass is 9.48. The molecule has 0 unspecified atom stereocenters. The molecule has 13 rings (SSSR count). The molecule has 1 heteroatoms. The second-order valence-corrected chi connectivity index (χ2v) is 18.7. The van der Waals surface area contributed by atoms with E-state index in [1.165, 1.54) is 122 Å². The summed E-state index contributed by atoms with van der Waals surface area (Å²) in [6.07, 6.45) is 8.65. The second-order valence-electron chi connectivity index (χ2n) is 18.7. The molecule has 0 saturated heterocycles. The first-order valence-electron chi connectivity index (χ1n) is 21.7. The van der Waals surface area contributed by atoms with Crippen molar-refractivity contribution >= 4 is 38.6 Å². The monoisotopic (exact) mass is 747 g/mol. The van der Waals surface area contributed by atoms with Crippen molar-refractivity contribution in [2.45, 2.75) is 63.2 Å².